The van der Waals surface area contributed by atoms with E-state index in [4.69, 9.17) is 4.74 Å². The SMILES string of the molecule is CC(C)(C)C(=O)N1CCCC(Oc2ccc(C(F)(F)F)cc2)(C(=O)N2CCN(c3ccccn3)CC2)C1. The quantitative estimate of drug-likeness (QED) is 0.606. The number of piperazine rings is 1. The van der Waals surface area contributed by atoms with Crippen LogP contribution in [0.3, 0.4) is 0 Å². The number of carbonyl (C=O) groups excluding carboxylic acids is 2. The normalized spacial score (nSPS) is 21.1. The first kappa shape index (κ1) is 26.8. The fourth-order valence-corrected chi connectivity index (χ4v) is 4.88. The number of alkyl halides is 3. The van der Waals surface area contributed by atoms with E-state index in [2.05, 4.69) is 9.88 Å². The van der Waals surface area contributed by atoms with Gasteiger partial charge in [-0.3, -0.25) is 9.59 Å². The van der Waals surface area contributed by atoms with Crippen LogP contribution in [0.5, 0.6) is 5.75 Å². The summed E-state index contributed by atoms with van der Waals surface area (Å²) in [5, 5.41) is 0. The van der Waals surface area contributed by atoms with Crippen LogP contribution in [0.2, 0.25) is 0 Å². The van der Waals surface area contributed by atoms with Gasteiger partial charge < -0.3 is 19.4 Å². The third-order valence-electron chi connectivity index (χ3n) is 6.81. The molecule has 0 radical (unpaired) electrons. The Morgan fingerprint density at radius 2 is 1.59 bits per heavy atom. The van der Waals surface area contributed by atoms with Crippen molar-refractivity contribution in [2.75, 3.05) is 44.2 Å². The average Bonchev–Trinajstić information content (AvgIpc) is 2.88. The van der Waals surface area contributed by atoms with E-state index < -0.39 is 22.8 Å². The summed E-state index contributed by atoms with van der Waals surface area (Å²) >= 11 is 0. The van der Waals surface area contributed by atoms with E-state index in [-0.39, 0.29) is 24.1 Å². The molecule has 200 valence electrons. The molecule has 1 atom stereocenters. The summed E-state index contributed by atoms with van der Waals surface area (Å²) in [6, 6.07) is 10.0. The van der Waals surface area contributed by atoms with Crippen molar-refractivity contribution in [1.82, 2.24) is 14.8 Å². The van der Waals surface area contributed by atoms with Gasteiger partial charge in [0.15, 0.2) is 0 Å². The van der Waals surface area contributed by atoms with Crippen LogP contribution in [0, 0.1) is 5.41 Å². The minimum Gasteiger partial charge on any atom is -0.476 e. The Bertz CT molecular complexity index is 1090. The highest BCUT2D eigenvalue weighted by Crippen LogP contribution is 2.35. The molecule has 2 saturated heterocycles. The predicted octanol–water partition coefficient (Wildman–Crippen LogP) is 4.24. The molecule has 1 aromatic carbocycles. The topological polar surface area (TPSA) is 66.0 Å². The van der Waals surface area contributed by atoms with E-state index >= 15 is 0 Å². The summed E-state index contributed by atoms with van der Waals surface area (Å²) in [6.07, 6.45) is -1.84. The Morgan fingerprint density at radius 1 is 0.919 bits per heavy atom. The van der Waals surface area contributed by atoms with Crippen LogP contribution < -0.4 is 9.64 Å². The van der Waals surface area contributed by atoms with E-state index in [0.717, 1.165) is 18.0 Å². The lowest BCUT2D eigenvalue weighted by molar-refractivity contribution is -0.159. The van der Waals surface area contributed by atoms with Crippen LogP contribution in [-0.2, 0) is 15.8 Å². The third-order valence-corrected chi connectivity index (χ3v) is 6.81. The van der Waals surface area contributed by atoms with Crippen molar-refractivity contribution in [3.63, 3.8) is 0 Å². The molecule has 0 N–H and O–H groups in total. The van der Waals surface area contributed by atoms with Crippen molar-refractivity contribution in [2.45, 2.75) is 45.4 Å². The lowest BCUT2D eigenvalue weighted by Gasteiger charge is -2.46. The van der Waals surface area contributed by atoms with Crippen molar-refractivity contribution < 1.29 is 27.5 Å². The molecule has 2 fully saturated rings. The monoisotopic (exact) mass is 518 g/mol. The van der Waals surface area contributed by atoms with Crippen LogP contribution in [0.1, 0.15) is 39.2 Å². The molecule has 2 aliphatic heterocycles. The van der Waals surface area contributed by atoms with Gasteiger partial charge in [0.25, 0.3) is 5.91 Å². The van der Waals surface area contributed by atoms with E-state index in [0.29, 0.717) is 45.6 Å². The minimum absolute atomic E-state index is 0.0451. The van der Waals surface area contributed by atoms with E-state index in [9.17, 15) is 22.8 Å². The Morgan fingerprint density at radius 3 is 2.16 bits per heavy atom. The van der Waals surface area contributed by atoms with Crippen molar-refractivity contribution in [1.29, 1.82) is 0 Å². The molecule has 1 unspecified atom stereocenters. The van der Waals surface area contributed by atoms with Gasteiger partial charge in [0.1, 0.15) is 11.6 Å². The first-order chi connectivity index (χ1) is 17.4. The summed E-state index contributed by atoms with van der Waals surface area (Å²) in [5.41, 5.74) is -2.82. The molecule has 10 heteroatoms. The first-order valence-corrected chi connectivity index (χ1v) is 12.5. The van der Waals surface area contributed by atoms with Crippen LogP contribution in [0.25, 0.3) is 0 Å². The molecule has 2 amide bonds. The predicted molar refractivity (Wildman–Crippen MR) is 133 cm³/mol. The van der Waals surface area contributed by atoms with E-state index in [1.165, 1.54) is 12.1 Å². The minimum atomic E-state index is -4.47. The van der Waals surface area contributed by atoms with Crippen LogP contribution in [0.4, 0.5) is 19.0 Å². The molecule has 1 aromatic heterocycles. The maximum absolute atomic E-state index is 14.0. The van der Waals surface area contributed by atoms with Crippen LogP contribution in [-0.4, -0.2) is 71.5 Å². The number of likely N-dealkylation sites (tertiary alicyclic amines) is 1. The number of hydrogen-bond acceptors (Lipinski definition) is 5. The highest BCUT2D eigenvalue weighted by atomic mass is 19.4. The molecule has 0 aliphatic carbocycles. The maximum Gasteiger partial charge on any atom is 0.416 e. The molecular formula is C27H33F3N4O3. The molecule has 2 aromatic rings. The van der Waals surface area contributed by atoms with Gasteiger partial charge in [0, 0.05) is 44.3 Å². The van der Waals surface area contributed by atoms with Gasteiger partial charge in [0.05, 0.1) is 12.1 Å². The highest BCUT2D eigenvalue weighted by Gasteiger charge is 2.49. The zero-order valence-corrected chi connectivity index (χ0v) is 21.4. The second kappa shape index (κ2) is 10.2. The Hall–Kier alpha value is -3.30. The van der Waals surface area contributed by atoms with Crippen molar-refractivity contribution >= 4 is 17.6 Å². The second-order valence-corrected chi connectivity index (χ2v) is 10.7. The number of halogens is 3. The summed E-state index contributed by atoms with van der Waals surface area (Å²) < 4.78 is 45.5. The number of anilines is 1. The Balaban J connectivity index is 1.57. The first-order valence-electron chi connectivity index (χ1n) is 12.5. The molecule has 0 spiro atoms. The maximum atomic E-state index is 14.0. The summed E-state index contributed by atoms with van der Waals surface area (Å²) in [7, 11) is 0. The third kappa shape index (κ3) is 5.99. The molecule has 0 saturated carbocycles. The molecule has 7 nitrogen and oxygen atoms in total. The number of ether oxygens (including phenoxy) is 1. The molecule has 0 bridgehead atoms. The smallest absolute Gasteiger partial charge is 0.416 e. The van der Waals surface area contributed by atoms with Gasteiger partial charge in [-0.2, -0.15) is 13.2 Å². The average molecular weight is 519 g/mol. The number of piperidine rings is 1. The second-order valence-electron chi connectivity index (χ2n) is 10.7. The van der Waals surface area contributed by atoms with E-state index in [1.807, 2.05) is 39.0 Å². The zero-order valence-electron chi connectivity index (χ0n) is 21.4. The number of carbonyl (C=O) groups is 2. The molecular weight excluding hydrogens is 485 g/mol. The molecule has 37 heavy (non-hydrogen) atoms. The lowest BCUT2D eigenvalue weighted by atomic mass is 9.87. The van der Waals surface area contributed by atoms with Crippen molar-refractivity contribution in [2.24, 2.45) is 5.41 Å². The zero-order chi connectivity index (χ0) is 26.8. The van der Waals surface area contributed by atoms with Gasteiger partial charge >= 0.3 is 6.18 Å². The Labute approximate surface area is 215 Å². The number of amides is 2. The van der Waals surface area contributed by atoms with Crippen LogP contribution >= 0.6 is 0 Å². The fraction of sp³-hybridized carbons (Fsp3) is 0.519. The molecule has 3 heterocycles. The molecule has 2 aliphatic rings. The largest absolute Gasteiger partial charge is 0.476 e. The standard InChI is InChI=1S/C27H33F3N4O3/c1-25(2,3)23(35)34-14-6-12-26(19-34,37-21-10-8-20(9-11-21)27(28,29)30)24(36)33-17-15-32(16-18-33)22-7-4-5-13-31-22/h4-5,7-11,13H,6,12,14-19H2,1-3H3. The number of hydrogen-bond donors (Lipinski definition) is 0. The summed E-state index contributed by atoms with van der Waals surface area (Å²) in [5.74, 6) is 0.656. The summed E-state index contributed by atoms with van der Waals surface area (Å²) in [4.78, 5) is 37.0. The van der Waals surface area contributed by atoms with Gasteiger partial charge in [0.2, 0.25) is 11.5 Å². The lowest BCUT2D eigenvalue weighted by Crippen LogP contribution is -2.65. The molecule has 4 rings (SSSR count). The van der Waals surface area contributed by atoms with Crippen molar-refractivity contribution in [3.05, 3.63) is 54.2 Å². The number of nitrogens with zero attached hydrogens (tertiary/aromatic N) is 4. The number of aromatic nitrogens is 1. The van der Waals surface area contributed by atoms with E-state index in [1.54, 1.807) is 16.0 Å². The van der Waals surface area contributed by atoms with Gasteiger partial charge in [-0.1, -0.05) is 26.8 Å². The van der Waals surface area contributed by atoms with Gasteiger partial charge in [-0.05, 0) is 49.2 Å². The Kier molecular flexibility index (Phi) is 7.39. The highest BCUT2D eigenvalue weighted by molar-refractivity contribution is 5.88. The fourth-order valence-electron chi connectivity index (χ4n) is 4.88. The van der Waals surface area contributed by atoms with Gasteiger partial charge in [-0.15, -0.1) is 0 Å². The number of rotatable bonds is 4. The van der Waals surface area contributed by atoms with Crippen LogP contribution in [0.15, 0.2) is 48.7 Å². The van der Waals surface area contributed by atoms with Crippen molar-refractivity contribution in [3.8, 4) is 5.75 Å². The number of benzene rings is 1. The van der Waals surface area contributed by atoms with Gasteiger partial charge in [-0.25, -0.2) is 4.98 Å². The summed E-state index contributed by atoms with van der Waals surface area (Å²) in [6.45, 7) is 8.07. The number of pyridine rings is 1.